The van der Waals surface area contributed by atoms with Crippen molar-refractivity contribution < 1.29 is 4.79 Å². The molecule has 8 heteroatoms. The highest BCUT2D eigenvalue weighted by Gasteiger charge is 2.17. The number of halogens is 1. The molecule has 1 aliphatic rings. The molecule has 0 saturated carbocycles. The first-order valence-electron chi connectivity index (χ1n) is 11.2. The molecule has 33 heavy (non-hydrogen) atoms. The summed E-state index contributed by atoms with van der Waals surface area (Å²) in [4.78, 5) is 18.6. The van der Waals surface area contributed by atoms with E-state index in [0.717, 1.165) is 51.3 Å². The summed E-state index contributed by atoms with van der Waals surface area (Å²) in [6.07, 6.45) is 6.04. The lowest BCUT2D eigenvalue weighted by atomic mass is 9.92. The van der Waals surface area contributed by atoms with E-state index in [0.29, 0.717) is 12.2 Å². The van der Waals surface area contributed by atoms with E-state index in [2.05, 4.69) is 22.5 Å². The van der Waals surface area contributed by atoms with Gasteiger partial charge in [0.15, 0.2) is 0 Å². The van der Waals surface area contributed by atoms with Gasteiger partial charge in [0.1, 0.15) is 5.82 Å². The maximum absolute atomic E-state index is 12.6. The van der Waals surface area contributed by atoms with Crippen molar-refractivity contribution in [3.8, 4) is 5.13 Å². The quantitative estimate of drug-likeness (QED) is 0.225. The van der Waals surface area contributed by atoms with E-state index >= 15 is 0 Å². The first-order chi connectivity index (χ1) is 16.0. The van der Waals surface area contributed by atoms with Crippen molar-refractivity contribution >= 4 is 56.6 Å². The molecule has 4 aromatic rings. The molecular weight excluding hydrogens is 472 g/mol. The van der Waals surface area contributed by atoms with Gasteiger partial charge in [0.2, 0.25) is 11.0 Å². The molecule has 0 spiro atoms. The molecule has 0 radical (unpaired) electrons. The SMILES string of the molecule is Cc1cc(NC(=O)CCCSc2ccc(Cl)cc2)n(-c2nc3cc4c(cc3s2)CCCC4)n1. The minimum absolute atomic E-state index is 0.00979. The molecule has 170 valence electrons. The molecular formula is C25H25ClN4OS2. The van der Waals surface area contributed by atoms with Gasteiger partial charge < -0.3 is 5.32 Å². The lowest BCUT2D eigenvalue weighted by molar-refractivity contribution is -0.116. The Labute approximate surface area is 206 Å². The summed E-state index contributed by atoms with van der Waals surface area (Å²) in [6, 6.07) is 14.2. The third kappa shape index (κ3) is 5.26. The molecule has 1 amide bonds. The number of aryl methyl sites for hydroxylation is 3. The molecule has 5 rings (SSSR count). The number of carbonyl (C=O) groups excluding carboxylic acids is 1. The van der Waals surface area contributed by atoms with E-state index in [1.54, 1.807) is 27.8 Å². The van der Waals surface area contributed by atoms with Gasteiger partial charge >= 0.3 is 0 Å². The van der Waals surface area contributed by atoms with Crippen molar-refractivity contribution in [2.75, 3.05) is 11.1 Å². The number of anilines is 1. The van der Waals surface area contributed by atoms with Crippen LogP contribution in [0.1, 0.15) is 42.5 Å². The fourth-order valence-electron chi connectivity index (χ4n) is 4.13. The Hall–Kier alpha value is -2.35. The number of thioether (sulfide) groups is 1. The Bertz CT molecular complexity index is 1250. The number of benzene rings is 2. The third-order valence-corrected chi connectivity index (χ3v) is 8.10. The number of hydrogen-bond acceptors (Lipinski definition) is 5. The highest BCUT2D eigenvalue weighted by Crippen LogP contribution is 2.32. The summed E-state index contributed by atoms with van der Waals surface area (Å²) in [7, 11) is 0. The molecule has 0 atom stereocenters. The van der Waals surface area contributed by atoms with Crippen molar-refractivity contribution in [2.45, 2.75) is 50.3 Å². The number of thiazole rings is 1. The molecule has 2 aromatic carbocycles. The van der Waals surface area contributed by atoms with E-state index in [1.165, 1.54) is 28.7 Å². The smallest absolute Gasteiger partial charge is 0.225 e. The van der Waals surface area contributed by atoms with Crippen LogP contribution in [0, 0.1) is 6.92 Å². The topological polar surface area (TPSA) is 59.8 Å². The summed E-state index contributed by atoms with van der Waals surface area (Å²) in [6.45, 7) is 1.93. The van der Waals surface area contributed by atoms with Gasteiger partial charge in [-0.2, -0.15) is 9.78 Å². The molecule has 1 N–H and O–H groups in total. The van der Waals surface area contributed by atoms with Gasteiger partial charge in [0.25, 0.3) is 0 Å². The maximum Gasteiger partial charge on any atom is 0.225 e. The molecule has 0 bridgehead atoms. The summed E-state index contributed by atoms with van der Waals surface area (Å²) in [5.41, 5.74) is 4.74. The number of carbonyl (C=O) groups is 1. The number of hydrogen-bond donors (Lipinski definition) is 1. The second kappa shape index (κ2) is 9.87. The number of nitrogens with zero attached hydrogens (tertiary/aromatic N) is 3. The first kappa shape index (κ1) is 22.4. The van der Waals surface area contributed by atoms with E-state index in [4.69, 9.17) is 16.6 Å². The zero-order valence-corrected chi connectivity index (χ0v) is 20.8. The van der Waals surface area contributed by atoms with E-state index in [-0.39, 0.29) is 5.91 Å². The van der Waals surface area contributed by atoms with Crippen LogP contribution < -0.4 is 5.32 Å². The maximum atomic E-state index is 12.6. The standard InChI is InChI=1S/C25H25ClN4OS2/c1-16-13-23(28-24(31)7-4-12-32-20-10-8-19(26)9-11-20)30(29-16)25-27-21-14-17-5-2-3-6-18(17)15-22(21)33-25/h8-11,13-15H,2-7,12H2,1H3,(H,28,31). The van der Waals surface area contributed by atoms with Crippen molar-refractivity contribution in [3.05, 3.63) is 64.3 Å². The van der Waals surface area contributed by atoms with Crippen LogP contribution >= 0.6 is 34.7 Å². The highest BCUT2D eigenvalue weighted by atomic mass is 35.5. The molecule has 2 aromatic heterocycles. The normalized spacial score (nSPS) is 13.3. The van der Waals surface area contributed by atoms with Crippen molar-refractivity contribution in [2.24, 2.45) is 0 Å². The number of aromatic nitrogens is 3. The average Bonchev–Trinajstić information content (AvgIpc) is 3.38. The third-order valence-electron chi connectivity index (χ3n) is 5.75. The van der Waals surface area contributed by atoms with Gasteiger partial charge in [0.05, 0.1) is 15.9 Å². The number of rotatable bonds is 7. The van der Waals surface area contributed by atoms with Gasteiger partial charge in [-0.05, 0) is 92.3 Å². The van der Waals surface area contributed by atoms with Crippen LogP contribution in [0.5, 0.6) is 0 Å². The number of fused-ring (bicyclic) bond motifs is 2. The Morgan fingerprint density at radius 2 is 1.91 bits per heavy atom. The largest absolute Gasteiger partial charge is 0.311 e. The van der Waals surface area contributed by atoms with E-state index < -0.39 is 0 Å². The van der Waals surface area contributed by atoms with Crippen molar-refractivity contribution in [1.29, 1.82) is 0 Å². The van der Waals surface area contributed by atoms with Gasteiger partial charge in [-0.25, -0.2) is 4.98 Å². The predicted octanol–water partition coefficient (Wildman–Crippen LogP) is 6.83. The summed E-state index contributed by atoms with van der Waals surface area (Å²) >= 11 is 9.28. The minimum atomic E-state index is -0.00979. The Balaban J connectivity index is 1.25. The van der Waals surface area contributed by atoms with Gasteiger partial charge in [0, 0.05) is 22.4 Å². The lowest BCUT2D eigenvalue weighted by Gasteiger charge is -2.14. The number of nitrogens with one attached hydrogen (secondary N) is 1. The van der Waals surface area contributed by atoms with Crippen molar-refractivity contribution in [3.63, 3.8) is 0 Å². The monoisotopic (exact) mass is 496 g/mol. The molecule has 2 heterocycles. The summed E-state index contributed by atoms with van der Waals surface area (Å²) in [5, 5.41) is 9.16. The minimum Gasteiger partial charge on any atom is -0.311 e. The second-order valence-electron chi connectivity index (χ2n) is 8.33. The molecule has 1 aliphatic carbocycles. The molecule has 0 aliphatic heterocycles. The van der Waals surface area contributed by atoms with Crippen LogP contribution in [0.25, 0.3) is 15.3 Å². The van der Waals surface area contributed by atoms with E-state index in [9.17, 15) is 4.79 Å². The summed E-state index contributed by atoms with van der Waals surface area (Å²) < 4.78 is 2.94. The molecule has 0 saturated heterocycles. The van der Waals surface area contributed by atoms with Crippen LogP contribution in [-0.4, -0.2) is 26.4 Å². The van der Waals surface area contributed by atoms with Crippen LogP contribution in [0.2, 0.25) is 5.02 Å². The predicted molar refractivity (Wildman–Crippen MR) is 138 cm³/mol. The van der Waals surface area contributed by atoms with Crippen LogP contribution in [0.4, 0.5) is 5.82 Å². The Morgan fingerprint density at radius 1 is 1.15 bits per heavy atom. The molecule has 0 unspecified atom stereocenters. The molecule has 5 nitrogen and oxygen atoms in total. The lowest BCUT2D eigenvalue weighted by Crippen LogP contribution is -2.14. The van der Waals surface area contributed by atoms with Gasteiger partial charge in [-0.15, -0.1) is 11.8 Å². The average molecular weight is 497 g/mol. The van der Waals surface area contributed by atoms with Gasteiger partial charge in [-0.3, -0.25) is 4.79 Å². The first-order valence-corrected chi connectivity index (χ1v) is 13.4. The van der Waals surface area contributed by atoms with Crippen LogP contribution in [-0.2, 0) is 17.6 Å². The van der Waals surface area contributed by atoms with E-state index in [1.807, 2.05) is 37.3 Å². The number of amides is 1. The fraction of sp³-hybridized carbons (Fsp3) is 0.320. The Kier molecular flexibility index (Phi) is 6.71. The summed E-state index contributed by atoms with van der Waals surface area (Å²) in [5.74, 6) is 1.53. The van der Waals surface area contributed by atoms with Crippen molar-refractivity contribution in [1.82, 2.24) is 14.8 Å². The highest BCUT2D eigenvalue weighted by molar-refractivity contribution is 7.99. The zero-order valence-electron chi connectivity index (χ0n) is 18.4. The Morgan fingerprint density at radius 3 is 2.70 bits per heavy atom. The zero-order chi connectivity index (χ0) is 22.8. The van der Waals surface area contributed by atoms with Crippen LogP contribution in [0.15, 0.2) is 47.4 Å². The second-order valence-corrected chi connectivity index (χ2v) is 10.9. The van der Waals surface area contributed by atoms with Crippen LogP contribution in [0.3, 0.4) is 0 Å². The fourth-order valence-corrected chi connectivity index (χ4v) is 6.08. The van der Waals surface area contributed by atoms with Gasteiger partial charge in [-0.1, -0.05) is 22.9 Å². The molecule has 0 fully saturated rings.